The lowest BCUT2D eigenvalue weighted by Gasteiger charge is -2.23. The van der Waals surface area contributed by atoms with Crippen molar-refractivity contribution in [1.82, 2.24) is 10.6 Å². The average Bonchev–Trinajstić information content (AvgIpc) is 3.02. The number of nitrogens with one attached hydrogen (secondary N) is 2. The predicted molar refractivity (Wildman–Crippen MR) is 82.5 cm³/mol. The molecular formula is C16H26N2O4. The third-order valence-corrected chi connectivity index (χ3v) is 3.85. The van der Waals surface area contributed by atoms with Crippen LogP contribution in [0, 0.1) is 0 Å². The molecular weight excluding hydrogens is 284 g/mol. The van der Waals surface area contributed by atoms with Crippen molar-refractivity contribution in [3.05, 3.63) is 24.2 Å². The topological polar surface area (TPSA) is 83.7 Å². The molecule has 1 fully saturated rings. The summed E-state index contributed by atoms with van der Waals surface area (Å²) >= 11 is 0. The van der Waals surface area contributed by atoms with Crippen molar-refractivity contribution < 1.29 is 19.1 Å². The van der Waals surface area contributed by atoms with Gasteiger partial charge in [0.1, 0.15) is 11.9 Å². The van der Waals surface area contributed by atoms with Crippen molar-refractivity contribution in [2.75, 3.05) is 13.2 Å². The molecule has 0 saturated carbocycles. The van der Waals surface area contributed by atoms with Crippen LogP contribution in [0.25, 0.3) is 0 Å². The third-order valence-electron chi connectivity index (χ3n) is 3.85. The second kappa shape index (κ2) is 8.80. The second-order valence-electron chi connectivity index (χ2n) is 5.85. The monoisotopic (exact) mass is 310 g/mol. The molecule has 2 amide bonds. The number of ether oxygens (including phenoxy) is 1. The van der Waals surface area contributed by atoms with Crippen LogP contribution in [0.1, 0.15) is 50.9 Å². The Morgan fingerprint density at radius 1 is 1.50 bits per heavy atom. The molecule has 0 aromatic carbocycles. The van der Waals surface area contributed by atoms with E-state index in [1.165, 1.54) is 12.7 Å². The number of hydrogen-bond donors (Lipinski definition) is 3. The van der Waals surface area contributed by atoms with Gasteiger partial charge in [-0.15, -0.1) is 0 Å². The van der Waals surface area contributed by atoms with Crippen LogP contribution >= 0.6 is 0 Å². The highest BCUT2D eigenvalue weighted by molar-refractivity contribution is 5.74. The van der Waals surface area contributed by atoms with Crippen molar-refractivity contribution >= 4 is 6.03 Å². The van der Waals surface area contributed by atoms with Gasteiger partial charge in [0.25, 0.3) is 0 Å². The van der Waals surface area contributed by atoms with Crippen molar-refractivity contribution in [2.24, 2.45) is 0 Å². The van der Waals surface area contributed by atoms with Crippen LogP contribution in [-0.4, -0.2) is 36.4 Å². The fourth-order valence-corrected chi connectivity index (χ4v) is 2.65. The number of carbonyl (C=O) groups excluding carboxylic acids is 1. The van der Waals surface area contributed by atoms with E-state index >= 15 is 0 Å². The number of aliphatic hydroxyl groups excluding tert-OH is 1. The largest absolute Gasteiger partial charge is 0.467 e. The lowest BCUT2D eigenvalue weighted by molar-refractivity contribution is 0.0120. The Bertz CT molecular complexity index is 429. The van der Waals surface area contributed by atoms with Crippen molar-refractivity contribution in [1.29, 1.82) is 0 Å². The summed E-state index contributed by atoms with van der Waals surface area (Å²) in [5.41, 5.74) is 0. The molecule has 0 bridgehead atoms. The average molecular weight is 310 g/mol. The molecule has 1 aromatic heterocycles. The summed E-state index contributed by atoms with van der Waals surface area (Å²) in [6.45, 7) is 3.29. The predicted octanol–water partition coefficient (Wildman–Crippen LogP) is 2.35. The number of urea groups is 1. The highest BCUT2D eigenvalue weighted by Crippen LogP contribution is 2.18. The van der Waals surface area contributed by atoms with Gasteiger partial charge in [-0.1, -0.05) is 0 Å². The summed E-state index contributed by atoms with van der Waals surface area (Å²) in [5.74, 6) is 0.517. The highest BCUT2D eigenvalue weighted by Gasteiger charge is 2.17. The molecule has 2 rings (SSSR count). The summed E-state index contributed by atoms with van der Waals surface area (Å²) in [5, 5.41) is 15.6. The van der Waals surface area contributed by atoms with E-state index in [-0.39, 0.29) is 18.2 Å². The first-order valence-electron chi connectivity index (χ1n) is 8.02. The Kier molecular flexibility index (Phi) is 6.74. The van der Waals surface area contributed by atoms with Crippen LogP contribution in [0.15, 0.2) is 22.8 Å². The molecule has 124 valence electrons. The fraction of sp³-hybridized carbons (Fsp3) is 0.688. The van der Waals surface area contributed by atoms with E-state index in [4.69, 9.17) is 9.15 Å². The second-order valence-corrected chi connectivity index (χ2v) is 5.85. The smallest absolute Gasteiger partial charge is 0.314 e. The number of amides is 2. The maximum absolute atomic E-state index is 11.8. The van der Waals surface area contributed by atoms with E-state index in [2.05, 4.69) is 10.6 Å². The van der Waals surface area contributed by atoms with E-state index < -0.39 is 6.10 Å². The van der Waals surface area contributed by atoms with Crippen LogP contribution in [0.4, 0.5) is 4.79 Å². The number of rotatable bonds is 7. The van der Waals surface area contributed by atoms with E-state index in [1.54, 1.807) is 12.1 Å². The first-order valence-corrected chi connectivity index (χ1v) is 8.02. The van der Waals surface area contributed by atoms with E-state index in [0.717, 1.165) is 25.9 Å². The van der Waals surface area contributed by atoms with Crippen LogP contribution in [0.2, 0.25) is 0 Å². The molecule has 6 heteroatoms. The molecule has 6 nitrogen and oxygen atoms in total. The molecule has 1 aliphatic rings. The fourth-order valence-electron chi connectivity index (χ4n) is 2.65. The van der Waals surface area contributed by atoms with Gasteiger partial charge < -0.3 is 24.9 Å². The lowest BCUT2D eigenvalue weighted by Crippen LogP contribution is -2.42. The van der Waals surface area contributed by atoms with E-state index in [0.29, 0.717) is 18.7 Å². The minimum absolute atomic E-state index is 0.147. The number of furan rings is 1. The Morgan fingerprint density at radius 3 is 3.05 bits per heavy atom. The molecule has 0 radical (unpaired) electrons. The first kappa shape index (κ1) is 16.8. The third kappa shape index (κ3) is 5.69. The molecule has 1 saturated heterocycles. The van der Waals surface area contributed by atoms with Crippen LogP contribution < -0.4 is 10.6 Å². The van der Waals surface area contributed by atoms with Crippen molar-refractivity contribution in [3.63, 3.8) is 0 Å². The number of carbonyl (C=O) groups is 1. The molecule has 22 heavy (non-hydrogen) atoms. The first-order chi connectivity index (χ1) is 10.6. The molecule has 1 aliphatic heterocycles. The van der Waals surface area contributed by atoms with E-state index in [9.17, 15) is 9.90 Å². The Morgan fingerprint density at radius 2 is 2.36 bits per heavy atom. The zero-order valence-corrected chi connectivity index (χ0v) is 13.1. The van der Waals surface area contributed by atoms with Gasteiger partial charge in [-0.2, -0.15) is 0 Å². The van der Waals surface area contributed by atoms with E-state index in [1.807, 2.05) is 6.92 Å². The van der Waals surface area contributed by atoms with Crippen LogP contribution in [0.3, 0.4) is 0 Å². The van der Waals surface area contributed by atoms with Gasteiger partial charge in [0.2, 0.25) is 0 Å². The summed E-state index contributed by atoms with van der Waals surface area (Å²) in [6.07, 6.45) is 5.77. The molecule has 0 aliphatic carbocycles. The maximum Gasteiger partial charge on any atom is 0.314 e. The van der Waals surface area contributed by atoms with Gasteiger partial charge >= 0.3 is 6.03 Å². The number of aliphatic hydroxyl groups is 1. The lowest BCUT2D eigenvalue weighted by atomic mass is 10.1. The van der Waals surface area contributed by atoms with Crippen LogP contribution in [-0.2, 0) is 4.74 Å². The minimum Gasteiger partial charge on any atom is -0.467 e. The molecule has 2 heterocycles. The summed E-state index contributed by atoms with van der Waals surface area (Å²) in [4.78, 5) is 11.8. The maximum atomic E-state index is 11.8. The van der Waals surface area contributed by atoms with Gasteiger partial charge in [-0.3, -0.25) is 0 Å². The Labute approximate surface area is 131 Å². The molecule has 3 N–H and O–H groups in total. The standard InChI is InChI=1S/C16H26N2O4/c1-12(11-14(19)15-6-4-10-22-15)18-16(20)17-8-7-13-5-2-3-9-21-13/h4,6,10,12-14,19H,2-3,5,7-9,11H2,1H3,(H2,17,18,20). The van der Waals surface area contributed by atoms with Gasteiger partial charge in [-0.05, 0) is 44.7 Å². The summed E-state index contributed by atoms with van der Waals surface area (Å²) in [7, 11) is 0. The zero-order chi connectivity index (χ0) is 15.8. The minimum atomic E-state index is -0.707. The highest BCUT2D eigenvalue weighted by atomic mass is 16.5. The number of hydrogen-bond acceptors (Lipinski definition) is 4. The van der Waals surface area contributed by atoms with Gasteiger partial charge in [0, 0.05) is 25.6 Å². The van der Waals surface area contributed by atoms with Gasteiger partial charge in [0.05, 0.1) is 12.4 Å². The quantitative estimate of drug-likeness (QED) is 0.722. The van der Waals surface area contributed by atoms with Gasteiger partial charge in [-0.25, -0.2) is 4.79 Å². The molecule has 0 spiro atoms. The Hall–Kier alpha value is -1.53. The molecule has 1 aromatic rings. The SMILES string of the molecule is CC(CC(O)c1ccco1)NC(=O)NCCC1CCCCO1. The molecule has 3 unspecified atom stereocenters. The van der Waals surface area contributed by atoms with Crippen molar-refractivity contribution in [3.8, 4) is 0 Å². The van der Waals surface area contributed by atoms with Crippen LogP contribution in [0.5, 0.6) is 0 Å². The summed E-state index contributed by atoms with van der Waals surface area (Å²) in [6, 6.07) is 3.10. The zero-order valence-electron chi connectivity index (χ0n) is 13.1. The van der Waals surface area contributed by atoms with Crippen molar-refractivity contribution in [2.45, 2.75) is 57.3 Å². The normalized spacial score (nSPS) is 21.1. The summed E-state index contributed by atoms with van der Waals surface area (Å²) < 4.78 is 10.8. The Balaban J connectivity index is 1.59. The van der Waals surface area contributed by atoms with Gasteiger partial charge in [0.15, 0.2) is 0 Å². The molecule has 3 atom stereocenters.